The maximum Gasteiger partial charge on any atom is 0.0654 e. The highest BCUT2D eigenvalue weighted by atomic mass is 28.3. The van der Waals surface area contributed by atoms with Crippen molar-refractivity contribution in [1.82, 2.24) is 0 Å². The molecule has 0 saturated heterocycles. The normalized spacial score (nSPS) is 37.8. The highest BCUT2D eigenvalue weighted by Gasteiger charge is 2.53. The number of hydrogen-bond donors (Lipinski definition) is 0. The van der Waals surface area contributed by atoms with Gasteiger partial charge in [0.1, 0.15) is 0 Å². The second-order valence-corrected chi connectivity index (χ2v) is 15.1. The molecule has 0 aromatic rings. The van der Waals surface area contributed by atoms with E-state index in [9.17, 15) is 0 Å². The van der Waals surface area contributed by atoms with Crippen molar-refractivity contribution >= 4 is 8.07 Å². The van der Waals surface area contributed by atoms with Gasteiger partial charge in [0.15, 0.2) is 0 Å². The third-order valence-corrected chi connectivity index (χ3v) is 16.6. The molecular formula is C22H44Si. The van der Waals surface area contributed by atoms with E-state index in [1.165, 1.54) is 38.5 Å². The van der Waals surface area contributed by atoms with Gasteiger partial charge in [0.2, 0.25) is 0 Å². The van der Waals surface area contributed by atoms with Crippen LogP contribution in [0.3, 0.4) is 0 Å². The fourth-order valence-corrected chi connectivity index (χ4v) is 15.6. The average Bonchev–Trinajstić information content (AvgIpc) is 2.57. The van der Waals surface area contributed by atoms with Crippen LogP contribution in [0.5, 0.6) is 0 Å². The lowest BCUT2D eigenvalue weighted by Gasteiger charge is -2.55. The van der Waals surface area contributed by atoms with Crippen molar-refractivity contribution in [3.8, 4) is 0 Å². The second kappa shape index (κ2) is 8.54. The molecule has 0 aliphatic heterocycles. The molecule has 0 aromatic carbocycles. The lowest BCUT2D eigenvalue weighted by Crippen LogP contribution is -2.53. The van der Waals surface area contributed by atoms with E-state index < -0.39 is 8.07 Å². The van der Waals surface area contributed by atoms with Gasteiger partial charge in [0.05, 0.1) is 8.07 Å². The zero-order valence-electron chi connectivity index (χ0n) is 17.0. The molecule has 2 saturated carbocycles. The summed E-state index contributed by atoms with van der Waals surface area (Å²) in [4.78, 5) is 0. The van der Waals surface area contributed by atoms with Gasteiger partial charge < -0.3 is 0 Å². The van der Waals surface area contributed by atoms with Gasteiger partial charge in [-0.2, -0.15) is 0 Å². The van der Waals surface area contributed by atoms with Crippen LogP contribution in [0.25, 0.3) is 0 Å². The summed E-state index contributed by atoms with van der Waals surface area (Å²) in [5.74, 6) is 2.00. The largest absolute Gasteiger partial charge is 0.0654 e. The smallest absolute Gasteiger partial charge is 0.0654 e. The molecule has 0 heterocycles. The fraction of sp³-hybridized carbons (Fsp3) is 1.00. The number of hydrogen-bond acceptors (Lipinski definition) is 0. The van der Waals surface area contributed by atoms with Crippen LogP contribution in [0.4, 0.5) is 0 Å². The number of rotatable bonds is 6. The third kappa shape index (κ3) is 3.91. The molecule has 0 N–H and O–H groups in total. The van der Waals surface area contributed by atoms with Crippen LogP contribution in [0.2, 0.25) is 22.2 Å². The SMILES string of the molecule is CCC(C)[Si](C(C)CC)(C1CCC(C)CC1)C1CCC(C)CC1. The first-order valence-corrected chi connectivity index (χ1v) is 13.3. The van der Waals surface area contributed by atoms with Crippen LogP contribution >= 0.6 is 0 Å². The van der Waals surface area contributed by atoms with E-state index in [4.69, 9.17) is 0 Å². The van der Waals surface area contributed by atoms with Gasteiger partial charge in [-0.05, 0) is 34.0 Å². The van der Waals surface area contributed by atoms with Crippen LogP contribution in [-0.2, 0) is 0 Å². The first kappa shape index (κ1) is 19.5. The quantitative estimate of drug-likeness (QED) is 0.429. The Morgan fingerprint density at radius 2 is 0.957 bits per heavy atom. The Balaban J connectivity index is 2.33. The molecule has 2 unspecified atom stereocenters. The maximum absolute atomic E-state index is 2.68. The molecular weight excluding hydrogens is 292 g/mol. The Labute approximate surface area is 148 Å². The van der Waals surface area contributed by atoms with Gasteiger partial charge in [-0.15, -0.1) is 0 Å². The van der Waals surface area contributed by atoms with Crippen molar-refractivity contribution in [3.63, 3.8) is 0 Å². The zero-order valence-corrected chi connectivity index (χ0v) is 18.0. The summed E-state index contributed by atoms with van der Waals surface area (Å²) < 4.78 is 0. The molecule has 0 nitrogen and oxygen atoms in total. The standard InChI is InChI=1S/C22H44Si/c1-7-19(5)23(20(6)8-2,21-13-9-17(3)10-14-21)22-15-11-18(4)12-16-22/h17-22H,7-16H2,1-6H3. The summed E-state index contributed by atoms with van der Waals surface area (Å²) in [5.41, 5.74) is 4.35. The molecule has 0 aromatic heterocycles. The molecule has 2 rings (SSSR count). The Morgan fingerprint density at radius 1 is 0.652 bits per heavy atom. The van der Waals surface area contributed by atoms with Crippen molar-refractivity contribution in [2.45, 2.75) is 128 Å². The molecule has 1 heteroatoms. The molecule has 2 aliphatic rings. The predicted octanol–water partition coefficient (Wildman–Crippen LogP) is 8.20. The minimum atomic E-state index is -1.26. The lowest BCUT2D eigenvalue weighted by molar-refractivity contribution is 0.343. The monoisotopic (exact) mass is 336 g/mol. The van der Waals surface area contributed by atoms with Crippen LogP contribution in [0.15, 0.2) is 0 Å². The Bertz CT molecular complexity index is 300. The van der Waals surface area contributed by atoms with Crippen LogP contribution in [-0.4, -0.2) is 8.07 Å². The summed E-state index contributed by atoms with van der Waals surface area (Å²) in [6.07, 6.45) is 15.3. The predicted molar refractivity (Wildman–Crippen MR) is 108 cm³/mol. The third-order valence-electron chi connectivity index (χ3n) is 8.38. The molecule has 136 valence electrons. The molecule has 2 aliphatic carbocycles. The minimum Gasteiger partial charge on any atom is -0.0654 e. The molecule has 2 atom stereocenters. The van der Waals surface area contributed by atoms with E-state index in [2.05, 4.69) is 41.5 Å². The zero-order chi connectivity index (χ0) is 17.0. The fourth-order valence-electron chi connectivity index (χ4n) is 6.66. The van der Waals surface area contributed by atoms with Crippen molar-refractivity contribution in [1.29, 1.82) is 0 Å². The van der Waals surface area contributed by atoms with Crippen molar-refractivity contribution in [2.24, 2.45) is 11.8 Å². The summed E-state index contributed by atoms with van der Waals surface area (Å²) in [6.45, 7) is 15.3. The first-order chi connectivity index (χ1) is 11.0. The van der Waals surface area contributed by atoms with E-state index in [1.54, 1.807) is 25.7 Å². The van der Waals surface area contributed by atoms with Crippen molar-refractivity contribution in [2.75, 3.05) is 0 Å². The molecule has 0 spiro atoms. The summed E-state index contributed by atoms with van der Waals surface area (Å²) in [5, 5.41) is 0. The second-order valence-electron chi connectivity index (χ2n) is 9.53. The molecule has 0 radical (unpaired) electrons. The highest BCUT2D eigenvalue weighted by molar-refractivity contribution is 6.85. The van der Waals surface area contributed by atoms with E-state index in [1.807, 2.05) is 0 Å². The summed E-state index contributed by atoms with van der Waals surface area (Å²) in [6, 6.07) is 0. The highest BCUT2D eigenvalue weighted by Crippen LogP contribution is 2.60. The Kier molecular flexibility index (Phi) is 7.26. The first-order valence-electron chi connectivity index (χ1n) is 11.0. The van der Waals surface area contributed by atoms with Gasteiger partial charge in [0, 0.05) is 0 Å². The van der Waals surface area contributed by atoms with Crippen LogP contribution in [0, 0.1) is 11.8 Å². The van der Waals surface area contributed by atoms with Gasteiger partial charge in [-0.25, -0.2) is 0 Å². The van der Waals surface area contributed by atoms with Gasteiger partial charge in [-0.3, -0.25) is 0 Å². The minimum absolute atomic E-state index is 0.998. The molecule has 2 fully saturated rings. The van der Waals surface area contributed by atoms with E-state index in [0.717, 1.165) is 34.0 Å². The van der Waals surface area contributed by atoms with Crippen molar-refractivity contribution in [3.05, 3.63) is 0 Å². The van der Waals surface area contributed by atoms with Gasteiger partial charge >= 0.3 is 0 Å². The molecule has 0 bridgehead atoms. The van der Waals surface area contributed by atoms with E-state index in [-0.39, 0.29) is 0 Å². The summed E-state index contributed by atoms with van der Waals surface area (Å²) >= 11 is 0. The van der Waals surface area contributed by atoms with Gasteiger partial charge in [-0.1, -0.05) is 106 Å². The van der Waals surface area contributed by atoms with E-state index >= 15 is 0 Å². The summed E-state index contributed by atoms with van der Waals surface area (Å²) in [7, 11) is -1.26. The van der Waals surface area contributed by atoms with Crippen LogP contribution < -0.4 is 0 Å². The van der Waals surface area contributed by atoms with E-state index in [0.29, 0.717) is 0 Å². The Hall–Kier alpha value is 0.217. The van der Waals surface area contributed by atoms with Crippen molar-refractivity contribution < 1.29 is 0 Å². The Morgan fingerprint density at radius 3 is 1.22 bits per heavy atom. The maximum atomic E-state index is 2.68. The molecule has 23 heavy (non-hydrogen) atoms. The van der Waals surface area contributed by atoms with Gasteiger partial charge in [0.25, 0.3) is 0 Å². The van der Waals surface area contributed by atoms with Crippen LogP contribution in [0.1, 0.15) is 106 Å². The topological polar surface area (TPSA) is 0 Å². The molecule has 0 amide bonds. The lowest BCUT2D eigenvalue weighted by atomic mass is 9.90. The average molecular weight is 337 g/mol.